The normalized spacial score (nSPS) is 18.7. The number of nitriles is 1. The van der Waals surface area contributed by atoms with E-state index in [1.54, 1.807) is 12.1 Å². The predicted molar refractivity (Wildman–Crippen MR) is 68.7 cm³/mol. The Labute approximate surface area is 110 Å². The lowest BCUT2D eigenvalue weighted by Gasteiger charge is -2.19. The first-order valence-electron chi connectivity index (χ1n) is 5.76. The number of benzene rings is 1. The SMILES string of the molecule is N#Cc1ccc(N2CCC(CC(=O)O)C2)c(Cl)c1. The molecule has 0 aromatic heterocycles. The molecule has 4 nitrogen and oxygen atoms in total. The standard InChI is InChI=1S/C13H13ClN2O2/c14-11-5-9(7-15)1-2-12(11)16-4-3-10(8-16)6-13(17)18/h1-2,5,10H,3-4,6,8H2,(H,17,18). The van der Waals surface area contributed by atoms with E-state index in [0.717, 1.165) is 18.7 Å². The highest BCUT2D eigenvalue weighted by Crippen LogP contribution is 2.31. The molecule has 0 aliphatic carbocycles. The van der Waals surface area contributed by atoms with Gasteiger partial charge in [0.1, 0.15) is 0 Å². The molecular formula is C13H13ClN2O2. The van der Waals surface area contributed by atoms with E-state index in [-0.39, 0.29) is 12.3 Å². The van der Waals surface area contributed by atoms with Gasteiger partial charge in [0.05, 0.1) is 22.3 Å². The molecule has 1 aromatic rings. The predicted octanol–water partition coefficient (Wildman–Crippen LogP) is 2.51. The number of hydrogen-bond donors (Lipinski definition) is 1. The molecule has 1 unspecified atom stereocenters. The molecular weight excluding hydrogens is 252 g/mol. The van der Waals surface area contributed by atoms with Crippen molar-refractivity contribution in [2.45, 2.75) is 12.8 Å². The van der Waals surface area contributed by atoms with Crippen molar-refractivity contribution in [3.8, 4) is 6.07 Å². The van der Waals surface area contributed by atoms with Crippen molar-refractivity contribution < 1.29 is 9.90 Å². The van der Waals surface area contributed by atoms with Crippen molar-refractivity contribution in [2.24, 2.45) is 5.92 Å². The lowest BCUT2D eigenvalue weighted by atomic mass is 10.1. The van der Waals surface area contributed by atoms with Gasteiger partial charge in [-0.1, -0.05) is 11.6 Å². The molecule has 2 rings (SSSR count). The van der Waals surface area contributed by atoms with Crippen LogP contribution in [0.25, 0.3) is 0 Å². The summed E-state index contributed by atoms with van der Waals surface area (Å²) in [4.78, 5) is 12.7. The molecule has 94 valence electrons. The maximum Gasteiger partial charge on any atom is 0.303 e. The van der Waals surface area contributed by atoms with E-state index >= 15 is 0 Å². The Balaban J connectivity index is 2.10. The number of rotatable bonds is 3. The molecule has 1 N–H and O–H groups in total. The van der Waals surface area contributed by atoms with Crippen molar-refractivity contribution >= 4 is 23.3 Å². The summed E-state index contributed by atoms with van der Waals surface area (Å²) in [5.41, 5.74) is 1.41. The van der Waals surface area contributed by atoms with Crippen LogP contribution in [0.5, 0.6) is 0 Å². The number of carboxylic acid groups (broad SMARTS) is 1. The summed E-state index contributed by atoms with van der Waals surface area (Å²) < 4.78 is 0. The van der Waals surface area contributed by atoms with Crippen LogP contribution in [0.2, 0.25) is 5.02 Å². The van der Waals surface area contributed by atoms with Gasteiger partial charge in [0.25, 0.3) is 0 Å². The van der Waals surface area contributed by atoms with Crippen LogP contribution in [-0.4, -0.2) is 24.2 Å². The van der Waals surface area contributed by atoms with E-state index in [1.807, 2.05) is 12.1 Å². The molecule has 0 saturated carbocycles. The number of anilines is 1. The highest BCUT2D eigenvalue weighted by Gasteiger charge is 2.25. The van der Waals surface area contributed by atoms with E-state index in [9.17, 15) is 4.79 Å². The summed E-state index contributed by atoms with van der Waals surface area (Å²) >= 11 is 6.13. The number of nitrogens with zero attached hydrogens (tertiary/aromatic N) is 2. The smallest absolute Gasteiger partial charge is 0.303 e. The number of aliphatic carboxylic acids is 1. The van der Waals surface area contributed by atoms with Crippen LogP contribution in [-0.2, 0) is 4.79 Å². The Hall–Kier alpha value is -1.73. The minimum absolute atomic E-state index is 0.175. The van der Waals surface area contributed by atoms with Crippen LogP contribution in [0.15, 0.2) is 18.2 Å². The third kappa shape index (κ3) is 2.74. The Kier molecular flexibility index (Phi) is 3.73. The maximum atomic E-state index is 10.7. The van der Waals surface area contributed by atoms with Gasteiger partial charge in [-0.3, -0.25) is 4.79 Å². The second kappa shape index (κ2) is 5.28. The van der Waals surface area contributed by atoms with E-state index in [0.29, 0.717) is 17.1 Å². The van der Waals surface area contributed by atoms with Gasteiger partial charge >= 0.3 is 5.97 Å². The summed E-state index contributed by atoms with van der Waals surface area (Å²) in [5, 5.41) is 18.1. The van der Waals surface area contributed by atoms with E-state index in [4.69, 9.17) is 22.0 Å². The van der Waals surface area contributed by atoms with E-state index in [2.05, 4.69) is 4.90 Å². The summed E-state index contributed by atoms with van der Waals surface area (Å²) in [6.45, 7) is 1.52. The molecule has 0 amide bonds. The second-order valence-corrected chi connectivity index (χ2v) is 4.88. The molecule has 1 aliphatic rings. The molecule has 0 radical (unpaired) electrons. The fraction of sp³-hybridized carbons (Fsp3) is 0.385. The van der Waals surface area contributed by atoms with Gasteiger partial charge in [-0.2, -0.15) is 5.26 Å². The molecule has 18 heavy (non-hydrogen) atoms. The molecule has 5 heteroatoms. The van der Waals surface area contributed by atoms with Crippen LogP contribution >= 0.6 is 11.6 Å². The number of halogens is 1. The van der Waals surface area contributed by atoms with Crippen LogP contribution in [0.4, 0.5) is 5.69 Å². The van der Waals surface area contributed by atoms with Crippen LogP contribution < -0.4 is 4.90 Å². The summed E-state index contributed by atoms with van der Waals surface area (Å²) in [7, 11) is 0. The Morgan fingerprint density at radius 2 is 2.39 bits per heavy atom. The molecule has 1 aromatic carbocycles. The van der Waals surface area contributed by atoms with Gasteiger partial charge in [-0.15, -0.1) is 0 Å². The molecule has 0 spiro atoms. The van der Waals surface area contributed by atoms with Crippen molar-refractivity contribution in [2.75, 3.05) is 18.0 Å². The summed E-state index contributed by atoms with van der Waals surface area (Å²) in [6.07, 6.45) is 1.06. The van der Waals surface area contributed by atoms with E-state index in [1.165, 1.54) is 0 Å². The minimum atomic E-state index is -0.757. The maximum absolute atomic E-state index is 10.7. The Morgan fingerprint density at radius 3 is 3.00 bits per heavy atom. The number of carboxylic acids is 1. The van der Waals surface area contributed by atoms with Crippen LogP contribution in [0.1, 0.15) is 18.4 Å². The molecule has 1 heterocycles. The molecule has 0 bridgehead atoms. The topological polar surface area (TPSA) is 64.3 Å². The average molecular weight is 265 g/mol. The third-order valence-electron chi connectivity index (χ3n) is 3.17. The van der Waals surface area contributed by atoms with Crippen molar-refractivity contribution in [1.82, 2.24) is 0 Å². The van der Waals surface area contributed by atoms with Gasteiger partial charge in [-0.05, 0) is 30.5 Å². The fourth-order valence-electron chi connectivity index (χ4n) is 2.30. The quantitative estimate of drug-likeness (QED) is 0.911. The first-order chi connectivity index (χ1) is 8.60. The fourth-order valence-corrected chi connectivity index (χ4v) is 2.60. The largest absolute Gasteiger partial charge is 0.481 e. The van der Waals surface area contributed by atoms with Gasteiger partial charge < -0.3 is 10.0 Å². The summed E-state index contributed by atoms with van der Waals surface area (Å²) in [5.74, 6) is -0.581. The van der Waals surface area contributed by atoms with Gasteiger partial charge in [-0.25, -0.2) is 0 Å². The minimum Gasteiger partial charge on any atom is -0.481 e. The lowest BCUT2D eigenvalue weighted by Crippen LogP contribution is -2.20. The first-order valence-corrected chi connectivity index (χ1v) is 6.14. The zero-order valence-corrected chi connectivity index (χ0v) is 10.5. The molecule has 1 fully saturated rings. The number of hydrogen-bond acceptors (Lipinski definition) is 3. The zero-order valence-electron chi connectivity index (χ0n) is 9.77. The average Bonchev–Trinajstić information content (AvgIpc) is 2.76. The first kappa shape index (κ1) is 12.7. The van der Waals surface area contributed by atoms with E-state index < -0.39 is 5.97 Å². The van der Waals surface area contributed by atoms with Crippen LogP contribution in [0, 0.1) is 17.2 Å². The highest BCUT2D eigenvalue weighted by molar-refractivity contribution is 6.33. The highest BCUT2D eigenvalue weighted by atomic mass is 35.5. The zero-order chi connectivity index (χ0) is 13.1. The molecule has 1 aliphatic heterocycles. The van der Waals surface area contributed by atoms with Crippen LogP contribution in [0.3, 0.4) is 0 Å². The lowest BCUT2D eigenvalue weighted by molar-refractivity contribution is -0.137. The number of carbonyl (C=O) groups is 1. The van der Waals surface area contributed by atoms with Crippen molar-refractivity contribution in [3.63, 3.8) is 0 Å². The Bertz CT molecular complexity index is 510. The van der Waals surface area contributed by atoms with Gasteiger partial charge in [0.15, 0.2) is 0 Å². The van der Waals surface area contributed by atoms with Crippen molar-refractivity contribution in [1.29, 1.82) is 5.26 Å². The van der Waals surface area contributed by atoms with Gasteiger partial charge in [0.2, 0.25) is 0 Å². The monoisotopic (exact) mass is 264 g/mol. The van der Waals surface area contributed by atoms with Gasteiger partial charge in [0, 0.05) is 19.5 Å². The molecule has 1 saturated heterocycles. The third-order valence-corrected chi connectivity index (χ3v) is 3.47. The van der Waals surface area contributed by atoms with Crippen molar-refractivity contribution in [3.05, 3.63) is 28.8 Å². The summed E-state index contributed by atoms with van der Waals surface area (Å²) in [6, 6.07) is 7.23. The molecule has 1 atom stereocenters. The second-order valence-electron chi connectivity index (χ2n) is 4.48. The Morgan fingerprint density at radius 1 is 1.61 bits per heavy atom.